The van der Waals surface area contributed by atoms with E-state index in [1.54, 1.807) is 24.3 Å². The van der Waals surface area contributed by atoms with Crippen LogP contribution >= 0.6 is 11.6 Å². The molecule has 1 aromatic heterocycles. The highest BCUT2D eigenvalue weighted by molar-refractivity contribution is 7.92. The maximum atomic E-state index is 11.4. The van der Waals surface area contributed by atoms with Gasteiger partial charge in [-0.05, 0) is 48.0 Å². The van der Waals surface area contributed by atoms with Crippen LogP contribution < -0.4 is 14.8 Å². The first-order valence-electron chi connectivity index (χ1n) is 10.1. The largest absolute Gasteiger partial charge is 0.492 e. The number of halogens is 1. The van der Waals surface area contributed by atoms with Gasteiger partial charge in [-0.25, -0.2) is 8.42 Å². The molecule has 32 heavy (non-hydrogen) atoms. The molecule has 1 heterocycles. The van der Waals surface area contributed by atoms with Crippen molar-refractivity contribution in [2.45, 2.75) is 6.10 Å². The number of hydrogen-bond acceptors (Lipinski definition) is 5. The van der Waals surface area contributed by atoms with Gasteiger partial charge in [0.25, 0.3) is 0 Å². The number of aliphatic hydroxyl groups is 1. The monoisotopic (exact) mass is 473 g/mol. The van der Waals surface area contributed by atoms with Crippen LogP contribution in [0.25, 0.3) is 21.8 Å². The first-order valence-corrected chi connectivity index (χ1v) is 12.4. The first kappa shape index (κ1) is 22.4. The minimum Gasteiger partial charge on any atom is -0.492 e. The van der Waals surface area contributed by atoms with Crippen LogP contribution in [0.5, 0.6) is 5.75 Å². The quantitative estimate of drug-likeness (QED) is 0.275. The van der Waals surface area contributed by atoms with Gasteiger partial charge >= 0.3 is 0 Å². The van der Waals surface area contributed by atoms with Gasteiger partial charge < -0.3 is 20.1 Å². The van der Waals surface area contributed by atoms with Gasteiger partial charge in [0, 0.05) is 46.2 Å². The standard InChI is InChI=1S/C23H24ClN3O4S/c1-32(29,30)27-17-4-2-3-15(11-17)23(28)14-25-9-10-31-18-6-7-19-20-12-16(24)5-8-21(20)26-22(19)13-18/h2-8,11-13,23,25-28H,9-10,14H2,1H3. The van der Waals surface area contributed by atoms with Crippen LogP contribution in [0.1, 0.15) is 11.7 Å². The molecule has 3 aromatic carbocycles. The van der Waals surface area contributed by atoms with E-state index in [-0.39, 0.29) is 0 Å². The van der Waals surface area contributed by atoms with Crippen LogP contribution in [0.15, 0.2) is 60.7 Å². The number of rotatable bonds is 9. The van der Waals surface area contributed by atoms with E-state index < -0.39 is 16.1 Å². The third kappa shape index (κ3) is 5.52. The summed E-state index contributed by atoms with van der Waals surface area (Å²) in [6.45, 7) is 1.28. The van der Waals surface area contributed by atoms with E-state index in [9.17, 15) is 13.5 Å². The van der Waals surface area contributed by atoms with E-state index >= 15 is 0 Å². The fourth-order valence-corrected chi connectivity index (χ4v) is 4.29. The molecule has 0 aliphatic heterocycles. The third-order valence-electron chi connectivity index (χ3n) is 4.99. The topological polar surface area (TPSA) is 103 Å². The second kappa shape index (κ2) is 9.38. The zero-order valence-electron chi connectivity index (χ0n) is 17.4. The lowest BCUT2D eigenvalue weighted by Crippen LogP contribution is -2.26. The summed E-state index contributed by atoms with van der Waals surface area (Å²) in [5.74, 6) is 0.747. The van der Waals surface area contributed by atoms with E-state index in [1.165, 1.54) is 0 Å². The van der Waals surface area contributed by atoms with Crippen LogP contribution in [0, 0.1) is 0 Å². The molecule has 0 radical (unpaired) electrons. The Kier molecular flexibility index (Phi) is 6.57. The minimum atomic E-state index is -3.37. The molecule has 0 aliphatic rings. The number of anilines is 1. The molecule has 4 rings (SSSR count). The minimum absolute atomic E-state index is 0.313. The predicted molar refractivity (Wildman–Crippen MR) is 129 cm³/mol. The van der Waals surface area contributed by atoms with Crippen molar-refractivity contribution < 1.29 is 18.3 Å². The molecular weight excluding hydrogens is 450 g/mol. The summed E-state index contributed by atoms with van der Waals surface area (Å²) >= 11 is 6.11. The van der Waals surface area contributed by atoms with Gasteiger partial charge in [0.1, 0.15) is 12.4 Å². The number of H-pyrrole nitrogens is 1. The molecule has 0 amide bonds. The summed E-state index contributed by atoms with van der Waals surface area (Å²) in [6, 6.07) is 18.3. The molecule has 0 saturated carbocycles. The summed E-state index contributed by atoms with van der Waals surface area (Å²) in [5, 5.41) is 16.4. The molecule has 0 bridgehead atoms. The summed E-state index contributed by atoms with van der Waals surface area (Å²) in [7, 11) is -3.37. The van der Waals surface area contributed by atoms with Crippen molar-refractivity contribution in [2.24, 2.45) is 0 Å². The van der Waals surface area contributed by atoms with Crippen LogP contribution in [-0.2, 0) is 10.0 Å². The molecule has 1 atom stereocenters. The number of nitrogens with one attached hydrogen (secondary N) is 3. The summed E-state index contributed by atoms with van der Waals surface area (Å²) in [6.07, 6.45) is 0.314. The Morgan fingerprint density at radius 3 is 2.72 bits per heavy atom. The molecule has 0 aliphatic carbocycles. The summed E-state index contributed by atoms with van der Waals surface area (Å²) in [4.78, 5) is 3.37. The molecule has 0 fully saturated rings. The summed E-state index contributed by atoms with van der Waals surface area (Å²) < 4.78 is 31.0. The average Bonchev–Trinajstić information content (AvgIpc) is 3.09. The molecule has 0 spiro atoms. The lowest BCUT2D eigenvalue weighted by molar-refractivity contribution is 0.172. The molecule has 0 saturated heterocycles. The van der Waals surface area contributed by atoms with Gasteiger partial charge in [-0.15, -0.1) is 0 Å². The molecule has 1 unspecified atom stereocenters. The molecule has 4 N–H and O–H groups in total. The van der Waals surface area contributed by atoms with Gasteiger partial charge in [0.2, 0.25) is 10.0 Å². The van der Waals surface area contributed by atoms with Crippen molar-refractivity contribution in [2.75, 3.05) is 30.7 Å². The zero-order chi connectivity index (χ0) is 22.7. The van der Waals surface area contributed by atoms with Gasteiger partial charge in [-0.2, -0.15) is 0 Å². The van der Waals surface area contributed by atoms with Crippen LogP contribution in [-0.4, -0.2) is 44.5 Å². The Bertz CT molecular complexity index is 1350. The Balaban J connectivity index is 1.28. The Morgan fingerprint density at radius 1 is 1.06 bits per heavy atom. The number of aromatic nitrogens is 1. The molecular formula is C23H24ClN3O4S. The van der Waals surface area contributed by atoms with Crippen LogP contribution in [0.2, 0.25) is 5.02 Å². The average molecular weight is 474 g/mol. The van der Waals surface area contributed by atoms with Gasteiger partial charge in [0.05, 0.1) is 17.9 Å². The van der Waals surface area contributed by atoms with Crippen LogP contribution in [0.4, 0.5) is 5.69 Å². The first-order chi connectivity index (χ1) is 15.3. The van der Waals surface area contributed by atoms with Crippen LogP contribution in [0.3, 0.4) is 0 Å². The fourth-order valence-electron chi connectivity index (χ4n) is 3.57. The van der Waals surface area contributed by atoms with Gasteiger partial charge in [-0.3, -0.25) is 4.72 Å². The number of aliphatic hydroxyl groups excluding tert-OH is 1. The Morgan fingerprint density at radius 2 is 1.91 bits per heavy atom. The van der Waals surface area contributed by atoms with E-state index in [0.717, 1.165) is 33.8 Å². The SMILES string of the molecule is CS(=O)(=O)Nc1cccc(C(O)CNCCOc2ccc3c(c2)[nH]c2ccc(Cl)cc23)c1. The second-order valence-corrected chi connectivity index (χ2v) is 9.78. The molecule has 9 heteroatoms. The van der Waals surface area contributed by atoms with Crippen molar-refractivity contribution in [3.63, 3.8) is 0 Å². The number of hydrogen-bond donors (Lipinski definition) is 4. The lowest BCUT2D eigenvalue weighted by Gasteiger charge is -2.14. The van der Waals surface area contributed by atoms with Crippen molar-refractivity contribution in [1.82, 2.24) is 10.3 Å². The smallest absolute Gasteiger partial charge is 0.229 e. The predicted octanol–water partition coefficient (Wildman–Crippen LogP) is 4.05. The molecule has 4 aromatic rings. The van der Waals surface area contributed by atoms with Gasteiger partial charge in [0.15, 0.2) is 0 Å². The van der Waals surface area contributed by atoms with Crippen molar-refractivity contribution >= 4 is 49.1 Å². The second-order valence-electron chi connectivity index (χ2n) is 7.59. The van der Waals surface area contributed by atoms with E-state index in [0.29, 0.717) is 36.0 Å². The Labute approximate surface area is 191 Å². The Hall–Kier alpha value is -2.78. The normalized spacial score (nSPS) is 12.8. The fraction of sp³-hybridized carbons (Fsp3) is 0.217. The number of ether oxygens (including phenoxy) is 1. The van der Waals surface area contributed by atoms with Crippen molar-refractivity contribution in [3.05, 3.63) is 71.2 Å². The van der Waals surface area contributed by atoms with E-state index in [4.69, 9.17) is 16.3 Å². The zero-order valence-corrected chi connectivity index (χ0v) is 19.0. The number of benzene rings is 3. The van der Waals surface area contributed by atoms with E-state index in [1.807, 2.05) is 36.4 Å². The van der Waals surface area contributed by atoms with Gasteiger partial charge in [-0.1, -0.05) is 23.7 Å². The molecule has 168 valence electrons. The number of fused-ring (bicyclic) bond motifs is 3. The highest BCUT2D eigenvalue weighted by atomic mass is 35.5. The lowest BCUT2D eigenvalue weighted by atomic mass is 10.1. The highest BCUT2D eigenvalue weighted by Crippen LogP contribution is 2.30. The number of aromatic amines is 1. The maximum absolute atomic E-state index is 11.4. The van der Waals surface area contributed by atoms with E-state index in [2.05, 4.69) is 15.0 Å². The summed E-state index contributed by atoms with van der Waals surface area (Å²) in [5.41, 5.74) is 3.04. The number of sulfonamides is 1. The van der Waals surface area contributed by atoms with Crippen molar-refractivity contribution in [1.29, 1.82) is 0 Å². The highest BCUT2D eigenvalue weighted by Gasteiger charge is 2.10. The maximum Gasteiger partial charge on any atom is 0.229 e. The van der Waals surface area contributed by atoms with Crippen molar-refractivity contribution in [3.8, 4) is 5.75 Å². The molecule has 7 nitrogen and oxygen atoms in total. The third-order valence-corrected chi connectivity index (χ3v) is 5.83.